The van der Waals surface area contributed by atoms with Crippen LogP contribution in [0.1, 0.15) is 239 Å². The minimum absolute atomic E-state index is 0.0505. The van der Waals surface area contributed by atoms with Crippen LogP contribution < -0.4 is 5.73 Å². The Hall–Kier alpha value is -2.03. The van der Waals surface area contributed by atoms with Crippen molar-refractivity contribution in [2.45, 2.75) is 245 Å². The molecule has 62 heavy (non-hydrogen) atoms. The standard InChI is InChI=1S/C52H96NO8P/c1-3-5-7-9-11-13-15-17-19-21-23-24-25-26-27-29-31-33-35-37-39-41-43-45-52(55)61-50(49-60-62(56,57)59-47-46-53)48-58-51(54)44-42-40-38-36-34-32-30-28-22-20-18-16-14-12-10-8-6-4-2/h15,17,20-23,25-26,50H,3-14,16,18-19,24,27-49,53H2,1-2H3,(H,56,57)/b17-15-,22-20-,23-21-,26-25-. The highest BCUT2D eigenvalue weighted by atomic mass is 31.2. The number of carbonyl (C=O) groups excluding carboxylic acids is 2. The summed E-state index contributed by atoms with van der Waals surface area (Å²) in [4.78, 5) is 35.0. The van der Waals surface area contributed by atoms with E-state index in [1.54, 1.807) is 0 Å². The van der Waals surface area contributed by atoms with E-state index in [4.69, 9.17) is 24.3 Å². The lowest BCUT2D eigenvalue weighted by atomic mass is 10.1. The van der Waals surface area contributed by atoms with Crippen molar-refractivity contribution < 1.29 is 37.6 Å². The SMILES string of the molecule is CCCCCCC/C=C\C/C=C\C/C=C\CCCCCCCCCCC(=O)OC(COC(=O)CCCCCCCCC/C=C\CCCCCCCCC)COP(=O)(O)OCCN. The van der Waals surface area contributed by atoms with Crippen molar-refractivity contribution in [3.63, 3.8) is 0 Å². The van der Waals surface area contributed by atoms with E-state index in [9.17, 15) is 19.0 Å². The van der Waals surface area contributed by atoms with Crippen LogP contribution in [0.4, 0.5) is 0 Å². The summed E-state index contributed by atoms with van der Waals surface area (Å²) in [6, 6.07) is 0. The van der Waals surface area contributed by atoms with Crippen molar-refractivity contribution in [2.24, 2.45) is 5.73 Å². The summed E-state index contributed by atoms with van der Waals surface area (Å²) in [5.41, 5.74) is 5.37. The maximum Gasteiger partial charge on any atom is 0.472 e. The van der Waals surface area contributed by atoms with Gasteiger partial charge in [0.2, 0.25) is 0 Å². The van der Waals surface area contributed by atoms with Crippen LogP contribution in [0.5, 0.6) is 0 Å². The second kappa shape index (κ2) is 48.4. The minimum Gasteiger partial charge on any atom is -0.462 e. The molecule has 0 heterocycles. The Balaban J connectivity index is 4.08. The number of rotatable bonds is 48. The average molecular weight is 894 g/mol. The molecule has 0 saturated carbocycles. The quantitative estimate of drug-likeness (QED) is 0.0265. The van der Waals surface area contributed by atoms with Gasteiger partial charge in [0.25, 0.3) is 0 Å². The zero-order valence-corrected chi connectivity index (χ0v) is 41.0. The van der Waals surface area contributed by atoms with Crippen molar-refractivity contribution >= 4 is 19.8 Å². The maximum absolute atomic E-state index is 12.7. The van der Waals surface area contributed by atoms with Gasteiger partial charge in [-0.1, -0.05) is 197 Å². The topological polar surface area (TPSA) is 134 Å². The molecule has 3 N–H and O–H groups in total. The van der Waals surface area contributed by atoms with Crippen molar-refractivity contribution in [1.82, 2.24) is 0 Å². The van der Waals surface area contributed by atoms with Gasteiger partial charge in [0, 0.05) is 19.4 Å². The first-order valence-electron chi connectivity index (χ1n) is 25.6. The lowest BCUT2D eigenvalue weighted by Gasteiger charge is -2.19. The van der Waals surface area contributed by atoms with Gasteiger partial charge in [0.1, 0.15) is 6.61 Å². The van der Waals surface area contributed by atoms with Crippen LogP contribution in [-0.4, -0.2) is 49.3 Å². The Morgan fingerprint density at radius 2 is 0.839 bits per heavy atom. The minimum atomic E-state index is -4.39. The van der Waals surface area contributed by atoms with Gasteiger partial charge in [0.15, 0.2) is 6.10 Å². The molecule has 0 saturated heterocycles. The highest BCUT2D eigenvalue weighted by Gasteiger charge is 2.26. The molecular formula is C52H96NO8P. The van der Waals surface area contributed by atoms with Gasteiger partial charge in [-0.05, 0) is 77.0 Å². The fraction of sp³-hybridized carbons (Fsp3) is 0.808. The van der Waals surface area contributed by atoms with Crippen LogP contribution in [0.25, 0.3) is 0 Å². The first kappa shape index (κ1) is 60.0. The lowest BCUT2D eigenvalue weighted by molar-refractivity contribution is -0.161. The molecule has 0 amide bonds. The summed E-state index contributed by atoms with van der Waals surface area (Å²) in [5, 5.41) is 0. The van der Waals surface area contributed by atoms with Gasteiger partial charge in [0.05, 0.1) is 13.2 Å². The van der Waals surface area contributed by atoms with Gasteiger partial charge in [-0.3, -0.25) is 18.6 Å². The third-order valence-electron chi connectivity index (χ3n) is 10.9. The molecule has 0 aliphatic heterocycles. The molecule has 0 aliphatic rings. The number of allylic oxidation sites excluding steroid dienone is 8. The first-order valence-corrected chi connectivity index (χ1v) is 27.1. The van der Waals surface area contributed by atoms with E-state index >= 15 is 0 Å². The zero-order valence-electron chi connectivity index (χ0n) is 40.1. The molecule has 2 unspecified atom stereocenters. The van der Waals surface area contributed by atoms with Gasteiger partial charge >= 0.3 is 19.8 Å². The third kappa shape index (κ3) is 47.4. The van der Waals surface area contributed by atoms with Crippen molar-refractivity contribution in [3.8, 4) is 0 Å². The number of hydrogen-bond donors (Lipinski definition) is 2. The number of hydrogen-bond acceptors (Lipinski definition) is 8. The number of esters is 2. The second-order valence-electron chi connectivity index (χ2n) is 17.0. The van der Waals surface area contributed by atoms with E-state index in [-0.39, 0.29) is 38.6 Å². The molecule has 362 valence electrons. The highest BCUT2D eigenvalue weighted by molar-refractivity contribution is 7.47. The number of ether oxygens (including phenoxy) is 2. The van der Waals surface area contributed by atoms with Crippen LogP contribution in [-0.2, 0) is 32.7 Å². The molecule has 2 atom stereocenters. The molecule has 0 aliphatic carbocycles. The van der Waals surface area contributed by atoms with Crippen LogP contribution in [0.3, 0.4) is 0 Å². The molecule has 9 nitrogen and oxygen atoms in total. The largest absolute Gasteiger partial charge is 0.472 e. The van der Waals surface area contributed by atoms with E-state index in [0.29, 0.717) is 6.42 Å². The Morgan fingerprint density at radius 1 is 0.484 bits per heavy atom. The molecule has 0 aromatic carbocycles. The van der Waals surface area contributed by atoms with Crippen molar-refractivity contribution in [2.75, 3.05) is 26.4 Å². The summed E-state index contributed by atoms with van der Waals surface area (Å²) < 4.78 is 32.9. The van der Waals surface area contributed by atoms with Gasteiger partial charge in [-0.25, -0.2) is 4.57 Å². The van der Waals surface area contributed by atoms with E-state index in [0.717, 1.165) is 70.6 Å². The predicted octanol–water partition coefficient (Wildman–Crippen LogP) is 15.5. The summed E-state index contributed by atoms with van der Waals surface area (Å²) in [6.45, 7) is 3.73. The molecule has 0 fully saturated rings. The van der Waals surface area contributed by atoms with E-state index in [1.165, 1.54) is 135 Å². The second-order valence-corrected chi connectivity index (χ2v) is 18.5. The molecule has 0 aromatic heterocycles. The van der Waals surface area contributed by atoms with Crippen molar-refractivity contribution in [3.05, 3.63) is 48.6 Å². The molecule has 0 spiro atoms. The molecular weight excluding hydrogens is 798 g/mol. The summed E-state index contributed by atoms with van der Waals surface area (Å²) in [7, 11) is -4.39. The Morgan fingerprint density at radius 3 is 1.26 bits per heavy atom. The molecule has 0 aromatic rings. The average Bonchev–Trinajstić information content (AvgIpc) is 3.26. The number of unbranched alkanes of at least 4 members (excludes halogenated alkanes) is 27. The third-order valence-corrected chi connectivity index (χ3v) is 11.9. The monoisotopic (exact) mass is 894 g/mol. The van der Waals surface area contributed by atoms with Crippen LogP contribution in [0.2, 0.25) is 0 Å². The summed E-state index contributed by atoms with van der Waals surface area (Å²) in [6.07, 6.45) is 57.1. The van der Waals surface area contributed by atoms with Crippen LogP contribution in [0, 0.1) is 0 Å². The molecule has 0 radical (unpaired) electrons. The smallest absolute Gasteiger partial charge is 0.462 e. The van der Waals surface area contributed by atoms with E-state index in [1.807, 2.05) is 0 Å². The Bertz CT molecular complexity index is 1160. The summed E-state index contributed by atoms with van der Waals surface area (Å²) >= 11 is 0. The fourth-order valence-corrected chi connectivity index (χ4v) is 7.87. The predicted molar refractivity (Wildman–Crippen MR) is 261 cm³/mol. The number of nitrogens with two attached hydrogens (primary N) is 1. The first-order chi connectivity index (χ1) is 30.3. The van der Waals surface area contributed by atoms with Crippen molar-refractivity contribution in [1.29, 1.82) is 0 Å². The Kier molecular flexibility index (Phi) is 46.8. The number of phosphoric acid groups is 1. The highest BCUT2D eigenvalue weighted by Crippen LogP contribution is 2.43. The Labute approximate surface area is 381 Å². The van der Waals surface area contributed by atoms with Crippen LogP contribution in [0.15, 0.2) is 48.6 Å². The lowest BCUT2D eigenvalue weighted by Crippen LogP contribution is -2.29. The maximum atomic E-state index is 12.7. The van der Waals surface area contributed by atoms with Gasteiger partial charge < -0.3 is 20.1 Å². The zero-order chi connectivity index (χ0) is 45.3. The number of phosphoric ester groups is 1. The van der Waals surface area contributed by atoms with E-state index in [2.05, 4.69) is 62.5 Å². The number of carbonyl (C=O) groups is 2. The van der Waals surface area contributed by atoms with Gasteiger partial charge in [-0.15, -0.1) is 0 Å². The van der Waals surface area contributed by atoms with Gasteiger partial charge in [-0.2, -0.15) is 0 Å². The van der Waals surface area contributed by atoms with E-state index < -0.39 is 26.5 Å². The fourth-order valence-electron chi connectivity index (χ4n) is 7.11. The van der Waals surface area contributed by atoms with Crippen LogP contribution >= 0.6 is 7.82 Å². The normalized spacial score (nSPS) is 13.5. The summed E-state index contributed by atoms with van der Waals surface area (Å²) in [5.74, 6) is -0.837. The molecule has 0 rings (SSSR count). The molecule has 10 heteroatoms. The molecule has 0 bridgehead atoms.